The molecule has 1 heterocycles. The van der Waals surface area contributed by atoms with E-state index in [2.05, 4.69) is 27.8 Å². The van der Waals surface area contributed by atoms with Gasteiger partial charge >= 0.3 is 0 Å². The van der Waals surface area contributed by atoms with Gasteiger partial charge in [0.1, 0.15) is 5.69 Å². The molecule has 0 saturated heterocycles. The van der Waals surface area contributed by atoms with Gasteiger partial charge in [-0.25, -0.2) is 0 Å². The first-order valence-electron chi connectivity index (χ1n) is 7.30. The topological polar surface area (TPSA) is 63.2 Å². The molecular weight excluding hydrogens is 278 g/mol. The lowest BCUT2D eigenvalue weighted by Gasteiger charge is -2.08. The molecule has 1 amide bonds. The third-order valence-electron chi connectivity index (χ3n) is 3.14. The summed E-state index contributed by atoms with van der Waals surface area (Å²) in [6, 6.07) is 13.7. The Morgan fingerprint density at radius 1 is 1.23 bits per heavy atom. The van der Waals surface area contributed by atoms with Crippen molar-refractivity contribution in [1.82, 2.24) is 10.3 Å². The van der Waals surface area contributed by atoms with Gasteiger partial charge < -0.3 is 15.4 Å². The normalized spacial score (nSPS) is 10.2. The second-order valence-electron chi connectivity index (χ2n) is 4.87. The van der Waals surface area contributed by atoms with Crippen molar-refractivity contribution in [2.24, 2.45) is 0 Å². The molecule has 5 heteroatoms. The van der Waals surface area contributed by atoms with Gasteiger partial charge in [-0.1, -0.05) is 30.3 Å². The summed E-state index contributed by atoms with van der Waals surface area (Å²) in [7, 11) is 1.64. The van der Waals surface area contributed by atoms with Crippen molar-refractivity contribution in [1.29, 1.82) is 0 Å². The second kappa shape index (κ2) is 8.79. The van der Waals surface area contributed by atoms with Gasteiger partial charge in [0.2, 0.25) is 0 Å². The van der Waals surface area contributed by atoms with E-state index in [1.54, 1.807) is 19.4 Å². The first-order valence-corrected chi connectivity index (χ1v) is 7.30. The smallest absolute Gasteiger partial charge is 0.269 e. The number of amides is 1. The van der Waals surface area contributed by atoms with Crippen LogP contribution in [0.3, 0.4) is 0 Å². The zero-order chi connectivity index (χ0) is 15.6. The van der Waals surface area contributed by atoms with Crippen LogP contribution in [0.5, 0.6) is 0 Å². The van der Waals surface area contributed by atoms with E-state index in [1.807, 2.05) is 24.3 Å². The van der Waals surface area contributed by atoms with Crippen LogP contribution in [0, 0.1) is 0 Å². The maximum atomic E-state index is 12.0. The maximum absolute atomic E-state index is 12.0. The van der Waals surface area contributed by atoms with Crippen LogP contribution in [-0.2, 0) is 11.3 Å². The predicted octanol–water partition coefficient (Wildman–Crippen LogP) is 2.46. The van der Waals surface area contributed by atoms with Crippen LogP contribution in [0.4, 0.5) is 5.69 Å². The third-order valence-corrected chi connectivity index (χ3v) is 3.14. The fraction of sp³-hybridized carbons (Fsp3) is 0.294. The Morgan fingerprint density at radius 2 is 2.05 bits per heavy atom. The average molecular weight is 299 g/mol. The van der Waals surface area contributed by atoms with E-state index >= 15 is 0 Å². The number of hydrogen-bond donors (Lipinski definition) is 2. The molecule has 0 saturated carbocycles. The molecule has 0 bridgehead atoms. The van der Waals surface area contributed by atoms with Gasteiger partial charge in [-0.2, -0.15) is 0 Å². The number of nitrogens with zero attached hydrogens (tertiary/aromatic N) is 1. The van der Waals surface area contributed by atoms with Crippen LogP contribution in [0.25, 0.3) is 0 Å². The minimum absolute atomic E-state index is 0.167. The summed E-state index contributed by atoms with van der Waals surface area (Å²) < 4.78 is 4.95. The highest BCUT2D eigenvalue weighted by Crippen LogP contribution is 2.10. The van der Waals surface area contributed by atoms with E-state index in [0.29, 0.717) is 25.4 Å². The minimum Gasteiger partial charge on any atom is -0.385 e. The van der Waals surface area contributed by atoms with E-state index in [9.17, 15) is 4.79 Å². The first-order chi connectivity index (χ1) is 10.8. The molecule has 0 radical (unpaired) electrons. The number of methoxy groups -OCH3 is 1. The average Bonchev–Trinajstić information content (AvgIpc) is 2.58. The van der Waals surface area contributed by atoms with Crippen molar-refractivity contribution < 1.29 is 9.53 Å². The van der Waals surface area contributed by atoms with Gasteiger partial charge in [0.05, 0.1) is 0 Å². The van der Waals surface area contributed by atoms with Crippen LogP contribution in [0.2, 0.25) is 0 Å². The Labute approximate surface area is 130 Å². The number of nitrogens with one attached hydrogen (secondary N) is 2. The summed E-state index contributed by atoms with van der Waals surface area (Å²) in [5.41, 5.74) is 2.47. The lowest BCUT2D eigenvalue weighted by atomic mass is 10.2. The van der Waals surface area contributed by atoms with Crippen LogP contribution in [0.1, 0.15) is 22.5 Å². The number of benzene rings is 1. The summed E-state index contributed by atoms with van der Waals surface area (Å²) in [5.74, 6) is -0.167. The quantitative estimate of drug-likeness (QED) is 0.735. The molecule has 0 spiro atoms. The highest BCUT2D eigenvalue weighted by atomic mass is 16.5. The van der Waals surface area contributed by atoms with Gasteiger partial charge in [0.15, 0.2) is 0 Å². The Kier molecular flexibility index (Phi) is 6.39. The monoisotopic (exact) mass is 299 g/mol. The van der Waals surface area contributed by atoms with Gasteiger partial charge in [0, 0.05) is 38.7 Å². The molecule has 0 aliphatic rings. The summed E-state index contributed by atoms with van der Waals surface area (Å²) in [4.78, 5) is 16.1. The standard InChI is InChI=1S/C17H21N3O2/c1-22-11-5-9-19-17(21)16-12-15(8-10-18-16)20-13-14-6-3-2-4-7-14/h2-4,6-8,10,12H,5,9,11,13H2,1H3,(H,18,20)(H,19,21). The molecule has 0 fully saturated rings. The molecule has 5 nitrogen and oxygen atoms in total. The number of carbonyl (C=O) groups excluding carboxylic acids is 1. The third kappa shape index (κ3) is 5.18. The van der Waals surface area contributed by atoms with Gasteiger partial charge in [-0.3, -0.25) is 9.78 Å². The lowest BCUT2D eigenvalue weighted by Crippen LogP contribution is -2.26. The van der Waals surface area contributed by atoms with Crippen LogP contribution in [0.15, 0.2) is 48.7 Å². The predicted molar refractivity (Wildman–Crippen MR) is 86.8 cm³/mol. The fourth-order valence-corrected chi connectivity index (χ4v) is 1.97. The van der Waals surface area contributed by atoms with E-state index < -0.39 is 0 Å². The van der Waals surface area contributed by atoms with Gasteiger partial charge in [0.25, 0.3) is 5.91 Å². The molecule has 2 aromatic rings. The molecule has 1 aromatic heterocycles. The number of anilines is 1. The number of hydrogen-bond acceptors (Lipinski definition) is 4. The molecule has 0 aliphatic heterocycles. The molecule has 1 aromatic carbocycles. The van der Waals surface area contributed by atoms with Crippen molar-refractivity contribution in [3.8, 4) is 0 Å². The number of rotatable bonds is 8. The Bertz CT molecular complexity index is 587. The maximum Gasteiger partial charge on any atom is 0.269 e. The number of aromatic nitrogens is 1. The largest absolute Gasteiger partial charge is 0.385 e. The van der Waals surface area contributed by atoms with E-state index in [1.165, 1.54) is 5.56 Å². The Morgan fingerprint density at radius 3 is 2.82 bits per heavy atom. The second-order valence-corrected chi connectivity index (χ2v) is 4.87. The molecule has 2 rings (SSSR count). The number of ether oxygens (including phenoxy) is 1. The van der Waals surface area contributed by atoms with Crippen LogP contribution < -0.4 is 10.6 Å². The molecule has 0 atom stereocenters. The minimum atomic E-state index is -0.167. The van der Waals surface area contributed by atoms with E-state index in [4.69, 9.17) is 4.74 Å². The Hall–Kier alpha value is -2.40. The SMILES string of the molecule is COCCCNC(=O)c1cc(NCc2ccccc2)ccn1. The molecular formula is C17H21N3O2. The van der Waals surface area contributed by atoms with Crippen LogP contribution in [-0.4, -0.2) is 31.2 Å². The molecule has 0 unspecified atom stereocenters. The number of pyridine rings is 1. The lowest BCUT2D eigenvalue weighted by molar-refractivity contribution is 0.0943. The Balaban J connectivity index is 1.87. The number of carbonyl (C=O) groups is 1. The van der Waals surface area contributed by atoms with E-state index in [0.717, 1.165) is 12.1 Å². The summed E-state index contributed by atoms with van der Waals surface area (Å²) in [6.07, 6.45) is 2.42. The zero-order valence-corrected chi connectivity index (χ0v) is 12.7. The van der Waals surface area contributed by atoms with E-state index in [-0.39, 0.29) is 5.91 Å². The van der Waals surface area contributed by atoms with Gasteiger partial charge in [-0.05, 0) is 24.1 Å². The van der Waals surface area contributed by atoms with Gasteiger partial charge in [-0.15, -0.1) is 0 Å². The summed E-state index contributed by atoms with van der Waals surface area (Å²) in [6.45, 7) is 1.92. The van der Waals surface area contributed by atoms with Crippen molar-refractivity contribution in [3.63, 3.8) is 0 Å². The summed E-state index contributed by atoms with van der Waals surface area (Å²) in [5, 5.41) is 6.12. The molecule has 0 aliphatic carbocycles. The summed E-state index contributed by atoms with van der Waals surface area (Å²) >= 11 is 0. The van der Waals surface area contributed by atoms with Crippen molar-refractivity contribution in [2.75, 3.05) is 25.6 Å². The van der Waals surface area contributed by atoms with Crippen LogP contribution >= 0.6 is 0 Å². The highest BCUT2D eigenvalue weighted by Gasteiger charge is 2.07. The van der Waals surface area contributed by atoms with Crippen molar-refractivity contribution in [3.05, 3.63) is 59.9 Å². The van der Waals surface area contributed by atoms with Crippen molar-refractivity contribution >= 4 is 11.6 Å². The highest BCUT2D eigenvalue weighted by molar-refractivity contribution is 5.93. The zero-order valence-electron chi connectivity index (χ0n) is 12.7. The fourth-order valence-electron chi connectivity index (χ4n) is 1.97. The molecule has 2 N–H and O–H groups in total. The molecule has 22 heavy (non-hydrogen) atoms. The first kappa shape index (κ1) is 16.0. The van der Waals surface area contributed by atoms with Crippen molar-refractivity contribution in [2.45, 2.75) is 13.0 Å². The molecule has 116 valence electrons.